The molecule has 0 aromatic heterocycles. The molecule has 0 bridgehead atoms. The molecule has 0 fully saturated rings. The molecule has 0 aromatic rings. The van der Waals surface area contributed by atoms with Gasteiger partial charge in [0, 0.05) is 0 Å². The Morgan fingerprint density at radius 3 is 2.50 bits per heavy atom. The lowest BCUT2D eigenvalue weighted by atomic mass is 10.5. The topological polar surface area (TPSA) is 108 Å². The van der Waals surface area contributed by atoms with Crippen LogP contribution in [0.2, 0.25) is 0 Å². The first-order chi connectivity index (χ1) is 5.06. The van der Waals surface area contributed by atoms with E-state index in [0.29, 0.717) is 6.42 Å². The SMILES string of the molecule is CCC(Cl)OC(=O)N=S(=O)=O.N. The summed E-state index contributed by atoms with van der Waals surface area (Å²) in [4.78, 5) is 10.4. The van der Waals surface area contributed by atoms with E-state index >= 15 is 0 Å². The molecule has 0 spiro atoms. The van der Waals surface area contributed by atoms with Crippen LogP contribution in [0.5, 0.6) is 0 Å². The zero-order valence-electron chi connectivity index (χ0n) is 6.36. The second kappa shape index (κ2) is 7.01. The van der Waals surface area contributed by atoms with E-state index in [9.17, 15) is 13.2 Å². The summed E-state index contributed by atoms with van der Waals surface area (Å²) in [6, 6.07) is 0. The van der Waals surface area contributed by atoms with Gasteiger partial charge in [-0.2, -0.15) is 8.42 Å². The first kappa shape index (κ1) is 13.9. The minimum atomic E-state index is -2.77. The van der Waals surface area contributed by atoms with E-state index in [0.717, 1.165) is 0 Å². The maximum Gasteiger partial charge on any atom is 0.450 e. The Morgan fingerprint density at radius 2 is 2.17 bits per heavy atom. The molecule has 0 aromatic carbocycles. The molecule has 0 aliphatic rings. The standard InChI is InChI=1S/C4H6ClNO4S.H3N/c1-2-3(5)10-4(7)6-11(8)9;/h3H,2H2,1H3;1H3. The molecule has 0 aliphatic carbocycles. The number of carbonyl (C=O) groups is 1. The predicted octanol–water partition coefficient (Wildman–Crippen LogP) is 1.32. The quantitative estimate of drug-likeness (QED) is 0.701. The fourth-order valence-corrected chi connectivity index (χ4v) is 0.516. The summed E-state index contributed by atoms with van der Waals surface area (Å²) in [5.74, 6) is 0. The molecule has 12 heavy (non-hydrogen) atoms. The van der Waals surface area contributed by atoms with Crippen LogP contribution in [0, 0.1) is 0 Å². The van der Waals surface area contributed by atoms with Gasteiger partial charge < -0.3 is 10.9 Å². The lowest BCUT2D eigenvalue weighted by Gasteiger charge is -2.02. The van der Waals surface area contributed by atoms with Crippen molar-refractivity contribution >= 4 is 28.2 Å². The predicted molar refractivity (Wildman–Crippen MR) is 42.8 cm³/mol. The highest BCUT2D eigenvalue weighted by Crippen LogP contribution is 2.03. The lowest BCUT2D eigenvalue weighted by Crippen LogP contribution is -2.07. The van der Waals surface area contributed by atoms with Gasteiger partial charge in [-0.3, -0.25) is 0 Å². The summed E-state index contributed by atoms with van der Waals surface area (Å²) in [6.07, 6.45) is -0.797. The average Bonchev–Trinajstić information content (AvgIpc) is 1.85. The van der Waals surface area contributed by atoms with Crippen LogP contribution in [0.25, 0.3) is 0 Å². The Kier molecular flexibility index (Phi) is 8.12. The van der Waals surface area contributed by atoms with Gasteiger partial charge in [-0.15, -0.1) is 0 Å². The maximum absolute atomic E-state index is 10.4. The third-order valence-electron chi connectivity index (χ3n) is 0.699. The Balaban J connectivity index is 0. The van der Waals surface area contributed by atoms with Crippen molar-refractivity contribution in [2.75, 3.05) is 0 Å². The van der Waals surface area contributed by atoms with Gasteiger partial charge in [-0.1, -0.05) is 22.9 Å². The molecule has 0 rings (SSSR count). The second-order valence-corrected chi connectivity index (χ2v) is 2.61. The van der Waals surface area contributed by atoms with Crippen LogP contribution < -0.4 is 6.15 Å². The summed E-state index contributed by atoms with van der Waals surface area (Å²) in [5.41, 5.74) is -0.824. The second-order valence-electron chi connectivity index (χ2n) is 1.51. The van der Waals surface area contributed by atoms with E-state index in [4.69, 9.17) is 11.6 Å². The summed E-state index contributed by atoms with van der Waals surface area (Å²) >= 11 is 5.34. The summed E-state index contributed by atoms with van der Waals surface area (Å²) in [7, 11) is -2.77. The number of rotatable bonds is 2. The fraction of sp³-hybridized carbons (Fsp3) is 0.750. The smallest absolute Gasteiger partial charge is 0.428 e. The number of halogens is 1. The highest BCUT2D eigenvalue weighted by atomic mass is 35.5. The van der Waals surface area contributed by atoms with Crippen molar-refractivity contribution in [1.82, 2.24) is 6.15 Å². The van der Waals surface area contributed by atoms with Crippen LogP contribution in [-0.2, 0) is 15.2 Å². The van der Waals surface area contributed by atoms with Crippen LogP contribution >= 0.6 is 11.6 Å². The zero-order chi connectivity index (χ0) is 8.85. The molecule has 0 aliphatic heterocycles. The fourth-order valence-electron chi connectivity index (χ4n) is 0.275. The van der Waals surface area contributed by atoms with Gasteiger partial charge in [0.1, 0.15) is 0 Å². The molecule has 6 nitrogen and oxygen atoms in total. The first-order valence-electron chi connectivity index (χ1n) is 2.72. The van der Waals surface area contributed by atoms with E-state index in [1.54, 1.807) is 6.92 Å². The zero-order valence-corrected chi connectivity index (χ0v) is 7.93. The third-order valence-corrected chi connectivity index (χ3v) is 1.39. The van der Waals surface area contributed by atoms with Crippen LogP contribution in [0.3, 0.4) is 0 Å². The molecule has 8 heteroatoms. The maximum atomic E-state index is 10.4. The van der Waals surface area contributed by atoms with Gasteiger partial charge >= 0.3 is 16.6 Å². The average molecular weight is 217 g/mol. The normalized spacial score (nSPS) is 10.8. The Labute approximate surface area is 76.1 Å². The number of carbonyl (C=O) groups excluding carboxylic acids is 1. The Morgan fingerprint density at radius 1 is 1.67 bits per heavy atom. The molecule has 0 saturated carbocycles. The van der Waals surface area contributed by atoms with Gasteiger partial charge in [-0.05, 0) is 6.42 Å². The van der Waals surface area contributed by atoms with Gasteiger partial charge in [0.2, 0.25) is 0 Å². The molecule has 0 saturated heterocycles. The molecule has 1 atom stereocenters. The van der Waals surface area contributed by atoms with Crippen molar-refractivity contribution in [3.63, 3.8) is 0 Å². The number of hydrogen-bond donors (Lipinski definition) is 1. The minimum Gasteiger partial charge on any atom is -0.428 e. The van der Waals surface area contributed by atoms with E-state index in [1.807, 2.05) is 0 Å². The minimum absolute atomic E-state index is 0. The van der Waals surface area contributed by atoms with E-state index < -0.39 is 22.2 Å². The number of ether oxygens (including phenoxy) is 1. The van der Waals surface area contributed by atoms with Crippen molar-refractivity contribution in [2.45, 2.75) is 18.9 Å². The molecule has 72 valence electrons. The van der Waals surface area contributed by atoms with Crippen LogP contribution in [0.4, 0.5) is 4.79 Å². The molecule has 1 amide bonds. The van der Waals surface area contributed by atoms with Crippen LogP contribution in [0.1, 0.15) is 13.3 Å². The Bertz CT molecular complexity index is 254. The van der Waals surface area contributed by atoms with E-state index in [-0.39, 0.29) is 6.15 Å². The summed E-state index contributed by atoms with van der Waals surface area (Å²) in [5, 5.41) is 0. The van der Waals surface area contributed by atoms with E-state index in [2.05, 4.69) is 9.10 Å². The largest absolute Gasteiger partial charge is 0.450 e. The molecule has 0 heterocycles. The van der Waals surface area contributed by atoms with Gasteiger partial charge in [0.15, 0.2) is 5.56 Å². The molecule has 3 N–H and O–H groups in total. The van der Waals surface area contributed by atoms with Crippen LogP contribution in [-0.4, -0.2) is 20.1 Å². The molecule has 0 radical (unpaired) electrons. The van der Waals surface area contributed by atoms with Gasteiger partial charge in [0.05, 0.1) is 0 Å². The van der Waals surface area contributed by atoms with Gasteiger partial charge in [-0.25, -0.2) is 4.79 Å². The van der Waals surface area contributed by atoms with Crippen LogP contribution in [0.15, 0.2) is 4.36 Å². The van der Waals surface area contributed by atoms with Crippen molar-refractivity contribution in [2.24, 2.45) is 4.36 Å². The third kappa shape index (κ3) is 7.45. The monoisotopic (exact) mass is 216 g/mol. The van der Waals surface area contributed by atoms with Crippen molar-refractivity contribution in [3.05, 3.63) is 0 Å². The number of nitrogens with zero attached hydrogens (tertiary/aromatic N) is 1. The highest BCUT2D eigenvalue weighted by Gasteiger charge is 2.07. The summed E-state index contributed by atoms with van der Waals surface area (Å²) in [6.45, 7) is 1.68. The number of amides is 1. The highest BCUT2D eigenvalue weighted by molar-refractivity contribution is 7.62. The number of alkyl halides is 1. The van der Waals surface area contributed by atoms with Crippen molar-refractivity contribution in [3.8, 4) is 0 Å². The molecular formula is C4H9ClN2O4S. The van der Waals surface area contributed by atoms with E-state index in [1.165, 1.54) is 0 Å². The van der Waals surface area contributed by atoms with Gasteiger partial charge in [0.25, 0.3) is 0 Å². The molecular weight excluding hydrogens is 208 g/mol. The van der Waals surface area contributed by atoms with Crippen molar-refractivity contribution < 1.29 is 17.9 Å². The first-order valence-corrected chi connectivity index (χ1v) is 4.19. The number of hydrogen-bond acceptors (Lipinski definition) is 5. The van der Waals surface area contributed by atoms with Crippen molar-refractivity contribution in [1.29, 1.82) is 0 Å². The lowest BCUT2D eigenvalue weighted by molar-refractivity contribution is 0.142. The Hall–Kier alpha value is -0.660. The summed E-state index contributed by atoms with van der Waals surface area (Å²) < 4.78 is 26.4. The molecule has 1 unspecified atom stereocenters.